The number of carbonyl (C=O) groups is 1. The number of para-hydroxylation sites is 1. The lowest BCUT2D eigenvalue weighted by atomic mass is 10.1. The number of nitrogens with zero attached hydrogens (tertiary/aromatic N) is 1. The number of nitrogens with one attached hydrogen (secondary N) is 1. The van der Waals surface area contributed by atoms with Crippen LogP contribution >= 0.6 is 11.6 Å². The molecule has 1 aliphatic heterocycles. The van der Waals surface area contributed by atoms with Gasteiger partial charge in [-0.3, -0.25) is 4.90 Å². The highest BCUT2D eigenvalue weighted by Gasteiger charge is 2.20. The van der Waals surface area contributed by atoms with Gasteiger partial charge in [0.2, 0.25) is 0 Å². The van der Waals surface area contributed by atoms with E-state index in [1.54, 1.807) is 0 Å². The van der Waals surface area contributed by atoms with E-state index in [2.05, 4.69) is 11.4 Å². The van der Waals surface area contributed by atoms with Gasteiger partial charge < -0.3 is 5.32 Å². The third kappa shape index (κ3) is 3.25. The molecule has 0 fully saturated rings. The number of rotatable bonds is 2. The number of aryl methyl sites for hydroxylation is 1. The van der Waals surface area contributed by atoms with E-state index in [4.69, 9.17) is 11.6 Å². The molecular weight excluding hydrogens is 296 g/mol. The van der Waals surface area contributed by atoms with Crippen molar-refractivity contribution < 1.29 is 4.79 Å². The summed E-state index contributed by atoms with van der Waals surface area (Å²) in [7, 11) is 0. The van der Waals surface area contributed by atoms with Crippen LogP contribution in [0, 0.1) is 0 Å². The second-order valence-electron chi connectivity index (χ2n) is 5.49. The lowest BCUT2D eigenvalue weighted by molar-refractivity contribution is 0.246. The Bertz CT molecular complexity index is 672. The Morgan fingerprint density at radius 3 is 2.73 bits per heavy atom. The predicted octanol–water partition coefficient (Wildman–Crippen LogP) is 4.39. The van der Waals surface area contributed by atoms with Crippen molar-refractivity contribution >= 4 is 23.3 Å². The van der Waals surface area contributed by atoms with Gasteiger partial charge in [-0.25, -0.2) is 4.79 Å². The van der Waals surface area contributed by atoms with Crippen LogP contribution in [0.15, 0.2) is 48.5 Å². The van der Waals surface area contributed by atoms with E-state index in [1.807, 2.05) is 47.4 Å². The monoisotopic (exact) mass is 314 g/mol. The van der Waals surface area contributed by atoms with Gasteiger partial charge in [-0.2, -0.15) is 0 Å². The van der Waals surface area contributed by atoms with Crippen molar-refractivity contribution in [3.63, 3.8) is 0 Å². The Balaban J connectivity index is 1.73. The smallest absolute Gasteiger partial charge is 0.322 e. The number of anilines is 1. The first-order chi connectivity index (χ1) is 10.8. The zero-order chi connectivity index (χ0) is 15.4. The van der Waals surface area contributed by atoms with Crippen LogP contribution in [0.5, 0.6) is 0 Å². The van der Waals surface area contributed by atoms with Gasteiger partial charge >= 0.3 is 6.03 Å². The van der Waals surface area contributed by atoms with Crippen LogP contribution < -0.4 is 10.2 Å². The van der Waals surface area contributed by atoms with E-state index in [0.29, 0.717) is 11.6 Å². The standard InChI is InChI=1S/C18H19ClN2O/c19-16-10-3-1-9-15(16)13-20-18(22)21-12-6-5-8-14-7-2-4-11-17(14)21/h1-4,7,9-11H,5-6,8,12-13H2,(H,20,22). The SMILES string of the molecule is O=C(NCc1ccccc1Cl)N1CCCCc2ccccc21. The summed E-state index contributed by atoms with van der Waals surface area (Å²) < 4.78 is 0. The van der Waals surface area contributed by atoms with Crippen molar-refractivity contribution in [3.8, 4) is 0 Å². The molecule has 0 unspecified atom stereocenters. The zero-order valence-electron chi connectivity index (χ0n) is 12.4. The minimum absolute atomic E-state index is 0.0609. The third-order valence-electron chi connectivity index (χ3n) is 3.99. The number of fused-ring (bicyclic) bond motifs is 1. The van der Waals surface area contributed by atoms with Crippen LogP contribution in [0.1, 0.15) is 24.0 Å². The normalized spacial score (nSPS) is 14.1. The fourth-order valence-corrected chi connectivity index (χ4v) is 3.01. The summed E-state index contributed by atoms with van der Waals surface area (Å²) in [5.41, 5.74) is 3.20. The fourth-order valence-electron chi connectivity index (χ4n) is 2.81. The van der Waals surface area contributed by atoms with Crippen molar-refractivity contribution in [1.82, 2.24) is 5.32 Å². The summed E-state index contributed by atoms with van der Waals surface area (Å²) in [4.78, 5) is 14.4. The minimum Gasteiger partial charge on any atom is -0.334 e. The van der Waals surface area contributed by atoms with Gasteiger partial charge in [0, 0.05) is 23.8 Å². The first kappa shape index (κ1) is 14.9. The van der Waals surface area contributed by atoms with Gasteiger partial charge in [0.1, 0.15) is 0 Å². The highest BCUT2D eigenvalue weighted by atomic mass is 35.5. The van der Waals surface area contributed by atoms with Crippen LogP contribution in [0.3, 0.4) is 0 Å². The summed E-state index contributed by atoms with van der Waals surface area (Å²) in [5.74, 6) is 0. The first-order valence-electron chi connectivity index (χ1n) is 7.62. The largest absolute Gasteiger partial charge is 0.334 e. The topological polar surface area (TPSA) is 32.3 Å². The fraction of sp³-hybridized carbons (Fsp3) is 0.278. The van der Waals surface area contributed by atoms with Gasteiger partial charge in [-0.15, -0.1) is 0 Å². The number of hydrogen-bond donors (Lipinski definition) is 1. The number of amides is 2. The molecule has 0 aromatic heterocycles. The Kier molecular flexibility index (Phi) is 4.64. The highest BCUT2D eigenvalue weighted by molar-refractivity contribution is 6.31. The molecular formula is C18H19ClN2O. The van der Waals surface area contributed by atoms with Crippen molar-refractivity contribution in [2.75, 3.05) is 11.4 Å². The Morgan fingerprint density at radius 2 is 1.86 bits per heavy atom. The van der Waals surface area contributed by atoms with Crippen molar-refractivity contribution in [1.29, 1.82) is 0 Å². The van der Waals surface area contributed by atoms with Crippen LogP contribution in [-0.2, 0) is 13.0 Å². The van der Waals surface area contributed by atoms with Crippen LogP contribution in [0.4, 0.5) is 10.5 Å². The maximum Gasteiger partial charge on any atom is 0.322 e. The average Bonchev–Trinajstić information content (AvgIpc) is 2.76. The predicted molar refractivity (Wildman–Crippen MR) is 90.4 cm³/mol. The van der Waals surface area contributed by atoms with Gasteiger partial charge in [0.15, 0.2) is 0 Å². The Morgan fingerprint density at radius 1 is 1.09 bits per heavy atom. The Labute approximate surface area is 135 Å². The summed E-state index contributed by atoms with van der Waals surface area (Å²) in [6.45, 7) is 1.20. The van der Waals surface area contributed by atoms with Crippen molar-refractivity contribution in [2.45, 2.75) is 25.8 Å². The molecule has 1 N–H and O–H groups in total. The first-order valence-corrected chi connectivity index (χ1v) is 8.00. The summed E-state index contributed by atoms with van der Waals surface area (Å²) in [6, 6.07) is 15.7. The summed E-state index contributed by atoms with van der Waals surface area (Å²) >= 11 is 6.14. The number of carbonyl (C=O) groups excluding carboxylic acids is 1. The lowest BCUT2D eigenvalue weighted by Crippen LogP contribution is -2.40. The molecule has 0 bridgehead atoms. The van der Waals surface area contributed by atoms with E-state index in [0.717, 1.165) is 37.1 Å². The maximum absolute atomic E-state index is 12.6. The molecule has 3 rings (SSSR count). The minimum atomic E-state index is -0.0609. The van der Waals surface area contributed by atoms with Gasteiger partial charge in [0.05, 0.1) is 0 Å². The van der Waals surface area contributed by atoms with Gasteiger partial charge in [0.25, 0.3) is 0 Å². The molecule has 4 heteroatoms. The maximum atomic E-state index is 12.6. The van der Waals surface area contributed by atoms with E-state index in [1.165, 1.54) is 5.56 Å². The zero-order valence-corrected chi connectivity index (χ0v) is 13.1. The van der Waals surface area contributed by atoms with E-state index in [-0.39, 0.29) is 6.03 Å². The Hall–Kier alpha value is -2.00. The molecule has 22 heavy (non-hydrogen) atoms. The number of hydrogen-bond acceptors (Lipinski definition) is 1. The van der Waals surface area contributed by atoms with Crippen LogP contribution in [-0.4, -0.2) is 12.6 Å². The molecule has 2 amide bonds. The second-order valence-corrected chi connectivity index (χ2v) is 5.89. The molecule has 1 heterocycles. The third-order valence-corrected chi connectivity index (χ3v) is 4.36. The van der Waals surface area contributed by atoms with Crippen molar-refractivity contribution in [3.05, 3.63) is 64.7 Å². The van der Waals surface area contributed by atoms with E-state index < -0.39 is 0 Å². The molecule has 0 spiro atoms. The van der Waals surface area contributed by atoms with Crippen molar-refractivity contribution in [2.24, 2.45) is 0 Å². The molecule has 0 saturated heterocycles. The number of urea groups is 1. The number of benzene rings is 2. The molecule has 2 aromatic carbocycles. The van der Waals surface area contributed by atoms with E-state index >= 15 is 0 Å². The van der Waals surface area contributed by atoms with Gasteiger partial charge in [-0.1, -0.05) is 48.0 Å². The quantitative estimate of drug-likeness (QED) is 0.876. The average molecular weight is 315 g/mol. The van der Waals surface area contributed by atoms with Crippen LogP contribution in [0.2, 0.25) is 5.02 Å². The molecule has 2 aromatic rings. The molecule has 0 aliphatic carbocycles. The summed E-state index contributed by atoms with van der Waals surface area (Å²) in [6.07, 6.45) is 3.17. The lowest BCUT2D eigenvalue weighted by Gasteiger charge is -2.23. The molecule has 0 atom stereocenters. The van der Waals surface area contributed by atoms with Crippen LogP contribution in [0.25, 0.3) is 0 Å². The number of halogens is 1. The molecule has 1 aliphatic rings. The summed E-state index contributed by atoms with van der Waals surface area (Å²) in [5, 5.41) is 3.66. The highest BCUT2D eigenvalue weighted by Crippen LogP contribution is 2.26. The molecule has 114 valence electrons. The van der Waals surface area contributed by atoms with Gasteiger partial charge in [-0.05, 0) is 42.5 Å². The molecule has 0 saturated carbocycles. The molecule has 3 nitrogen and oxygen atoms in total. The second kappa shape index (κ2) is 6.84. The van der Waals surface area contributed by atoms with E-state index in [9.17, 15) is 4.79 Å². The molecule has 0 radical (unpaired) electrons.